The zero-order valence-electron chi connectivity index (χ0n) is 13.5. The van der Waals surface area contributed by atoms with Gasteiger partial charge in [-0.25, -0.2) is 0 Å². The predicted octanol–water partition coefficient (Wildman–Crippen LogP) is 1.74. The maximum absolute atomic E-state index is 12.5. The Morgan fingerprint density at radius 3 is 2.14 bits per heavy atom. The molecule has 1 aliphatic heterocycles. The van der Waals surface area contributed by atoms with E-state index in [0.717, 1.165) is 12.8 Å². The molecule has 0 aromatic heterocycles. The third-order valence-corrected chi connectivity index (χ3v) is 6.29. The van der Waals surface area contributed by atoms with E-state index in [4.69, 9.17) is 0 Å². The van der Waals surface area contributed by atoms with Gasteiger partial charge in [0.05, 0.1) is 6.61 Å². The largest absolute Gasteiger partial charge is 0.395 e. The van der Waals surface area contributed by atoms with Crippen molar-refractivity contribution in [3.8, 4) is 0 Å². The quantitative estimate of drug-likeness (QED) is 0.811. The zero-order chi connectivity index (χ0) is 15.7. The molecule has 0 aromatic carbocycles. The highest BCUT2D eigenvalue weighted by Crippen LogP contribution is 2.37. The second-order valence-electron chi connectivity index (χ2n) is 7.89. The molecule has 1 aliphatic carbocycles. The van der Waals surface area contributed by atoms with Gasteiger partial charge >= 0.3 is 0 Å². The average molecular weight is 318 g/mol. The van der Waals surface area contributed by atoms with Crippen LogP contribution in [0, 0.1) is 17.3 Å². The summed E-state index contributed by atoms with van der Waals surface area (Å²) in [5, 5.41) is 9.46. The topological polar surface area (TPSA) is 69.6 Å². The Kier molecular flexibility index (Phi) is 5.34. The molecule has 0 bridgehead atoms. The van der Waals surface area contributed by atoms with E-state index in [1.54, 1.807) is 4.31 Å². The van der Waals surface area contributed by atoms with E-state index in [9.17, 15) is 13.5 Å². The summed E-state index contributed by atoms with van der Waals surface area (Å²) in [6.07, 6.45) is 5.39. The van der Waals surface area contributed by atoms with Crippen molar-refractivity contribution in [3.63, 3.8) is 0 Å². The van der Waals surface area contributed by atoms with E-state index in [1.165, 1.54) is 12.8 Å². The highest BCUT2D eigenvalue weighted by Gasteiger charge is 2.40. The van der Waals surface area contributed by atoms with Gasteiger partial charge in [-0.05, 0) is 36.5 Å². The van der Waals surface area contributed by atoms with E-state index < -0.39 is 16.3 Å². The molecular formula is C15H30N2O3S. The van der Waals surface area contributed by atoms with E-state index >= 15 is 0 Å². The minimum atomic E-state index is -3.48. The van der Waals surface area contributed by atoms with Gasteiger partial charge in [0.25, 0.3) is 10.2 Å². The lowest BCUT2D eigenvalue weighted by Crippen LogP contribution is -2.47. The van der Waals surface area contributed by atoms with Gasteiger partial charge in [0.2, 0.25) is 0 Å². The average Bonchev–Trinajstić information content (AvgIpc) is 2.80. The third kappa shape index (κ3) is 4.65. The van der Waals surface area contributed by atoms with Gasteiger partial charge in [0, 0.05) is 19.1 Å². The molecule has 1 saturated carbocycles. The summed E-state index contributed by atoms with van der Waals surface area (Å²) in [6, 6.07) is -0.405. The number of aliphatic hydroxyl groups is 1. The van der Waals surface area contributed by atoms with Gasteiger partial charge in [-0.15, -0.1) is 0 Å². The molecule has 2 aliphatic rings. The first-order chi connectivity index (χ1) is 9.71. The number of aliphatic hydroxyl groups excluding tert-OH is 1. The Balaban J connectivity index is 1.98. The molecule has 5 nitrogen and oxygen atoms in total. The number of nitrogens with zero attached hydrogens (tertiary/aromatic N) is 1. The molecule has 0 amide bonds. The first-order valence-electron chi connectivity index (χ1n) is 8.09. The monoisotopic (exact) mass is 318 g/mol. The fraction of sp³-hybridized carbons (Fsp3) is 1.00. The number of fused-ring (bicyclic) bond motifs is 1. The Hall–Kier alpha value is -0.170. The first kappa shape index (κ1) is 17.2. The molecule has 124 valence electrons. The van der Waals surface area contributed by atoms with Crippen molar-refractivity contribution >= 4 is 10.2 Å². The highest BCUT2D eigenvalue weighted by atomic mass is 32.2. The van der Waals surface area contributed by atoms with Crippen LogP contribution in [0.4, 0.5) is 0 Å². The molecule has 1 heterocycles. The summed E-state index contributed by atoms with van der Waals surface area (Å²) in [6.45, 7) is 7.29. The standard InChI is InChI=1S/C15H30N2O3S/c1-15(2,3)8-14(11-18)16-21(19,20)17-9-12-6-4-5-7-13(12)10-17/h12-14,16,18H,4-11H2,1-3H3/t12-,13+,14?. The fourth-order valence-electron chi connectivity index (χ4n) is 3.73. The molecule has 2 N–H and O–H groups in total. The van der Waals surface area contributed by atoms with Crippen LogP contribution >= 0.6 is 0 Å². The summed E-state index contributed by atoms with van der Waals surface area (Å²) in [4.78, 5) is 0. The molecular weight excluding hydrogens is 288 g/mol. The van der Waals surface area contributed by atoms with Crippen molar-refractivity contribution in [1.82, 2.24) is 9.03 Å². The number of hydrogen-bond donors (Lipinski definition) is 2. The van der Waals surface area contributed by atoms with Crippen LogP contribution in [-0.2, 0) is 10.2 Å². The smallest absolute Gasteiger partial charge is 0.279 e. The van der Waals surface area contributed by atoms with E-state index in [2.05, 4.69) is 4.72 Å². The van der Waals surface area contributed by atoms with Crippen molar-refractivity contribution in [1.29, 1.82) is 0 Å². The molecule has 2 rings (SSSR count). The van der Waals surface area contributed by atoms with Crippen molar-refractivity contribution in [2.24, 2.45) is 17.3 Å². The Morgan fingerprint density at radius 1 is 1.19 bits per heavy atom. The summed E-state index contributed by atoms with van der Waals surface area (Å²) in [5.74, 6) is 1.07. The minimum absolute atomic E-state index is 0.0189. The molecule has 1 unspecified atom stereocenters. The van der Waals surface area contributed by atoms with Gasteiger partial charge in [-0.2, -0.15) is 17.4 Å². The maximum atomic E-state index is 12.5. The second kappa shape index (κ2) is 6.52. The van der Waals surface area contributed by atoms with Gasteiger partial charge in [0.15, 0.2) is 0 Å². The van der Waals surface area contributed by atoms with Gasteiger partial charge < -0.3 is 5.11 Å². The van der Waals surface area contributed by atoms with Crippen LogP contribution in [0.15, 0.2) is 0 Å². The summed E-state index contributed by atoms with van der Waals surface area (Å²) in [5.41, 5.74) is -0.0189. The lowest BCUT2D eigenvalue weighted by molar-refractivity contribution is 0.212. The van der Waals surface area contributed by atoms with Crippen molar-refractivity contribution in [2.75, 3.05) is 19.7 Å². The molecule has 6 heteroatoms. The van der Waals surface area contributed by atoms with E-state index in [0.29, 0.717) is 31.3 Å². The lowest BCUT2D eigenvalue weighted by atomic mass is 9.82. The van der Waals surface area contributed by atoms with E-state index in [-0.39, 0.29) is 12.0 Å². The molecule has 0 spiro atoms. The first-order valence-corrected chi connectivity index (χ1v) is 9.53. The highest BCUT2D eigenvalue weighted by molar-refractivity contribution is 7.87. The van der Waals surface area contributed by atoms with Crippen LogP contribution in [0.5, 0.6) is 0 Å². The summed E-state index contributed by atoms with van der Waals surface area (Å²) < 4.78 is 29.4. The van der Waals surface area contributed by atoms with Gasteiger partial charge in [0.1, 0.15) is 0 Å². The summed E-state index contributed by atoms with van der Waals surface area (Å²) in [7, 11) is -3.48. The van der Waals surface area contributed by atoms with Crippen molar-refractivity contribution in [3.05, 3.63) is 0 Å². The zero-order valence-corrected chi connectivity index (χ0v) is 14.3. The van der Waals surface area contributed by atoms with Crippen LogP contribution in [0.25, 0.3) is 0 Å². The molecule has 3 atom stereocenters. The van der Waals surface area contributed by atoms with Crippen LogP contribution in [-0.4, -0.2) is 43.6 Å². The van der Waals surface area contributed by atoms with Crippen LogP contribution in [0.1, 0.15) is 52.9 Å². The van der Waals surface area contributed by atoms with Crippen molar-refractivity contribution < 1.29 is 13.5 Å². The summed E-state index contributed by atoms with van der Waals surface area (Å²) >= 11 is 0. The number of rotatable bonds is 5. The fourth-order valence-corrected chi connectivity index (χ4v) is 5.23. The Labute approximate surface area is 129 Å². The van der Waals surface area contributed by atoms with Gasteiger partial charge in [-0.3, -0.25) is 0 Å². The van der Waals surface area contributed by atoms with Gasteiger partial charge in [-0.1, -0.05) is 33.6 Å². The van der Waals surface area contributed by atoms with Crippen LogP contribution in [0.2, 0.25) is 0 Å². The molecule has 2 fully saturated rings. The van der Waals surface area contributed by atoms with Crippen LogP contribution < -0.4 is 4.72 Å². The lowest BCUT2D eigenvalue weighted by Gasteiger charge is -2.27. The van der Waals surface area contributed by atoms with E-state index in [1.807, 2.05) is 20.8 Å². The van der Waals surface area contributed by atoms with Crippen LogP contribution in [0.3, 0.4) is 0 Å². The number of hydrogen-bond acceptors (Lipinski definition) is 3. The molecule has 21 heavy (non-hydrogen) atoms. The normalized spacial score (nSPS) is 29.3. The third-order valence-electron chi connectivity index (χ3n) is 4.68. The molecule has 0 radical (unpaired) electrons. The SMILES string of the molecule is CC(C)(C)CC(CO)NS(=O)(=O)N1C[C@H]2CCCC[C@H]2C1. The van der Waals surface area contributed by atoms with Crippen molar-refractivity contribution in [2.45, 2.75) is 58.9 Å². The maximum Gasteiger partial charge on any atom is 0.279 e. The minimum Gasteiger partial charge on any atom is -0.395 e. The number of nitrogens with one attached hydrogen (secondary N) is 1. The molecule has 0 aromatic rings. The Morgan fingerprint density at radius 2 is 1.71 bits per heavy atom. The Bertz CT molecular complexity index is 430. The molecule has 1 saturated heterocycles. The second-order valence-corrected chi connectivity index (χ2v) is 9.59. The predicted molar refractivity (Wildman–Crippen MR) is 84.0 cm³/mol.